The SMILES string of the molecule is C=CC(=O)Nc1ccc(CCn2c(C#N)cc3c(C)c(CN4CCC(Nc5ncnc6sc(CC(F)(F)F)cc56)CC4)ccc32)cc1P1(=O)CCCCC1. The number of carbonyl (C=O) groups excluding carboxylic acids is 1. The van der Waals surface area contributed by atoms with E-state index in [0.717, 1.165) is 90.4 Å². The van der Waals surface area contributed by atoms with Crippen molar-refractivity contribution in [2.24, 2.45) is 0 Å². The monoisotopic (exact) mass is 773 g/mol. The largest absolute Gasteiger partial charge is 0.393 e. The molecule has 9 nitrogen and oxygen atoms in total. The van der Waals surface area contributed by atoms with Crippen molar-refractivity contribution in [2.45, 2.75) is 77.2 Å². The van der Waals surface area contributed by atoms with Gasteiger partial charge in [0.1, 0.15) is 35.9 Å². The second-order valence-corrected chi connectivity index (χ2v) is 18.7. The van der Waals surface area contributed by atoms with Gasteiger partial charge in [-0.15, -0.1) is 11.3 Å². The van der Waals surface area contributed by atoms with E-state index in [1.54, 1.807) is 6.07 Å². The van der Waals surface area contributed by atoms with Crippen LogP contribution in [0.3, 0.4) is 0 Å². The number of rotatable bonds is 11. The van der Waals surface area contributed by atoms with Gasteiger partial charge in [0.2, 0.25) is 5.91 Å². The highest BCUT2D eigenvalue weighted by Crippen LogP contribution is 2.51. The van der Waals surface area contributed by atoms with Gasteiger partial charge in [-0.2, -0.15) is 18.4 Å². The van der Waals surface area contributed by atoms with Crippen molar-refractivity contribution >= 4 is 62.3 Å². The Balaban J connectivity index is 1.02. The number of hydrogen-bond acceptors (Lipinski definition) is 8. The minimum absolute atomic E-state index is 0.142. The highest BCUT2D eigenvalue weighted by Gasteiger charge is 2.31. The normalized spacial score (nSPS) is 16.7. The van der Waals surface area contributed by atoms with Crippen molar-refractivity contribution in [3.05, 3.63) is 88.7 Å². The van der Waals surface area contributed by atoms with E-state index in [-0.39, 0.29) is 16.8 Å². The standard InChI is InChI=1S/C40H43F3N7O2PS/c1-3-37(51)48-34-9-7-27(19-36(34)53(52)17-5-4-6-18-53)11-16-50-30(23-44)20-32-26(2)28(8-10-35(32)50)24-49-14-12-29(13-15-49)47-38-33-21-31(22-40(41,42)43)54-39(33)46-25-45-38/h3,7-10,19-21,25,29H,1,4-6,11-18,22,24H2,2H3,(H,48,51)(H,45,46,47). The second-order valence-electron chi connectivity index (χ2n) is 14.4. The molecule has 0 unspecified atom stereocenters. The Morgan fingerprint density at radius 2 is 1.87 bits per heavy atom. The molecule has 3 aromatic heterocycles. The maximum atomic E-state index is 14.1. The average Bonchev–Trinajstić information content (AvgIpc) is 3.73. The first kappa shape index (κ1) is 37.8. The number of likely N-dealkylation sites (tertiary alicyclic amines) is 1. The van der Waals surface area contributed by atoms with Crippen molar-refractivity contribution in [2.75, 3.05) is 36.0 Å². The number of hydrogen-bond donors (Lipinski definition) is 2. The zero-order chi connectivity index (χ0) is 38.0. The second kappa shape index (κ2) is 15.7. The Kier molecular flexibility index (Phi) is 11.0. The molecule has 2 saturated heterocycles. The molecule has 0 aliphatic carbocycles. The number of nitriles is 1. The third-order valence-corrected chi connectivity index (χ3v) is 15.1. The topological polar surface area (TPSA) is 116 Å². The minimum atomic E-state index is -4.27. The number of amides is 1. The first-order valence-electron chi connectivity index (χ1n) is 18.4. The summed E-state index contributed by atoms with van der Waals surface area (Å²) in [6, 6.07) is 16.1. The van der Waals surface area contributed by atoms with Gasteiger partial charge in [0, 0.05) is 65.6 Å². The van der Waals surface area contributed by atoms with Gasteiger partial charge < -0.3 is 19.8 Å². The Labute approximate surface area is 316 Å². The summed E-state index contributed by atoms with van der Waals surface area (Å²) in [5.74, 6) is 0.253. The van der Waals surface area contributed by atoms with Crippen LogP contribution in [0, 0.1) is 18.3 Å². The number of piperidine rings is 1. The third-order valence-electron chi connectivity index (χ3n) is 10.8. The summed E-state index contributed by atoms with van der Waals surface area (Å²) in [6.07, 6.45) is 3.91. The van der Waals surface area contributed by atoms with E-state index in [1.165, 1.54) is 18.0 Å². The Morgan fingerprint density at radius 1 is 1.09 bits per heavy atom. The maximum absolute atomic E-state index is 14.1. The molecule has 0 saturated carbocycles. The third kappa shape index (κ3) is 8.26. The first-order chi connectivity index (χ1) is 25.9. The number of carbonyl (C=O) groups is 1. The van der Waals surface area contributed by atoms with Crippen LogP contribution >= 0.6 is 18.5 Å². The van der Waals surface area contributed by atoms with E-state index in [4.69, 9.17) is 0 Å². The minimum Gasteiger partial charge on any atom is -0.367 e. The van der Waals surface area contributed by atoms with E-state index >= 15 is 0 Å². The summed E-state index contributed by atoms with van der Waals surface area (Å²) in [7, 11) is -2.65. The summed E-state index contributed by atoms with van der Waals surface area (Å²) < 4.78 is 55.2. The van der Waals surface area contributed by atoms with Crippen LogP contribution in [0.25, 0.3) is 21.1 Å². The number of fused-ring (bicyclic) bond motifs is 2. The van der Waals surface area contributed by atoms with Crippen molar-refractivity contribution in [3.8, 4) is 6.07 Å². The van der Waals surface area contributed by atoms with Crippen LogP contribution in [-0.2, 0) is 35.3 Å². The molecule has 2 aliphatic rings. The number of nitrogens with zero attached hydrogens (tertiary/aromatic N) is 5. The number of halogens is 3. The van der Waals surface area contributed by atoms with Crippen molar-refractivity contribution in [1.29, 1.82) is 5.26 Å². The molecule has 0 spiro atoms. The lowest BCUT2D eigenvalue weighted by Gasteiger charge is -2.33. The summed E-state index contributed by atoms with van der Waals surface area (Å²) >= 11 is 1.05. The van der Waals surface area contributed by atoms with Gasteiger partial charge in [0.05, 0.1) is 17.5 Å². The molecular weight excluding hydrogens is 731 g/mol. The summed E-state index contributed by atoms with van der Waals surface area (Å²) in [6.45, 7) is 8.71. The molecule has 2 fully saturated rings. The van der Waals surface area contributed by atoms with Gasteiger partial charge in [-0.1, -0.05) is 25.1 Å². The fraction of sp³-hybridized carbons (Fsp3) is 0.400. The Hall–Kier alpha value is -4.50. The molecule has 0 radical (unpaired) electrons. The van der Waals surface area contributed by atoms with Crippen LogP contribution in [0.5, 0.6) is 0 Å². The van der Waals surface area contributed by atoms with Crippen LogP contribution in [0.1, 0.15) is 59.4 Å². The fourth-order valence-electron chi connectivity index (χ4n) is 7.87. The van der Waals surface area contributed by atoms with Crippen molar-refractivity contribution in [3.63, 3.8) is 0 Å². The van der Waals surface area contributed by atoms with Gasteiger partial charge in [-0.3, -0.25) is 9.69 Å². The molecule has 5 aromatic rings. The van der Waals surface area contributed by atoms with Crippen LogP contribution in [0.4, 0.5) is 24.7 Å². The van der Waals surface area contributed by atoms with Gasteiger partial charge in [-0.25, -0.2) is 9.97 Å². The van der Waals surface area contributed by atoms with E-state index in [2.05, 4.69) is 61.8 Å². The maximum Gasteiger partial charge on any atom is 0.393 e. The van der Waals surface area contributed by atoms with E-state index < -0.39 is 19.7 Å². The molecule has 1 amide bonds. The molecule has 2 N–H and O–H groups in total. The van der Waals surface area contributed by atoms with E-state index in [9.17, 15) is 27.8 Å². The lowest BCUT2D eigenvalue weighted by Crippen LogP contribution is -2.39. The highest BCUT2D eigenvalue weighted by molar-refractivity contribution is 7.72. The summed E-state index contributed by atoms with van der Waals surface area (Å²) in [4.78, 5) is 23.9. The van der Waals surface area contributed by atoms with Crippen LogP contribution in [0.15, 0.2) is 61.4 Å². The number of thiophene rings is 1. The van der Waals surface area contributed by atoms with Crippen molar-refractivity contribution < 1.29 is 22.5 Å². The Morgan fingerprint density at radius 3 is 2.59 bits per heavy atom. The molecule has 5 heterocycles. The quantitative estimate of drug-likeness (QED) is 0.102. The molecule has 0 bridgehead atoms. The van der Waals surface area contributed by atoms with Crippen LogP contribution in [0.2, 0.25) is 0 Å². The molecule has 7 rings (SSSR count). The number of nitrogens with one attached hydrogen (secondary N) is 2. The smallest absolute Gasteiger partial charge is 0.367 e. The van der Waals surface area contributed by atoms with Gasteiger partial charge >= 0.3 is 6.18 Å². The summed E-state index contributed by atoms with van der Waals surface area (Å²) in [5, 5.41) is 18.9. The van der Waals surface area contributed by atoms with E-state index in [1.807, 2.05) is 24.3 Å². The van der Waals surface area contributed by atoms with Gasteiger partial charge in [-0.05, 0) is 92.1 Å². The number of benzene rings is 2. The fourth-order valence-corrected chi connectivity index (χ4v) is 12.0. The molecule has 54 heavy (non-hydrogen) atoms. The zero-order valence-electron chi connectivity index (χ0n) is 30.2. The molecule has 0 atom stereocenters. The number of alkyl halides is 3. The number of aromatic nitrogens is 3. The zero-order valence-corrected chi connectivity index (χ0v) is 31.9. The molecule has 282 valence electrons. The predicted octanol–water partition coefficient (Wildman–Crippen LogP) is 8.55. The highest BCUT2D eigenvalue weighted by atomic mass is 32.1. The first-order valence-corrected chi connectivity index (χ1v) is 21.3. The number of aryl methyl sites for hydroxylation is 3. The molecular formula is C40H43F3N7O2PS. The predicted molar refractivity (Wildman–Crippen MR) is 210 cm³/mol. The lowest BCUT2D eigenvalue weighted by atomic mass is 10.0. The van der Waals surface area contributed by atoms with E-state index in [0.29, 0.717) is 52.7 Å². The van der Waals surface area contributed by atoms with Gasteiger partial charge in [0.15, 0.2) is 0 Å². The van der Waals surface area contributed by atoms with Crippen molar-refractivity contribution in [1.82, 2.24) is 19.4 Å². The van der Waals surface area contributed by atoms with Crippen LogP contribution < -0.4 is 15.9 Å². The molecule has 14 heteroatoms. The lowest BCUT2D eigenvalue weighted by molar-refractivity contribution is -0.126. The van der Waals surface area contributed by atoms with Gasteiger partial charge in [0.25, 0.3) is 0 Å². The molecule has 2 aromatic carbocycles. The summed E-state index contributed by atoms with van der Waals surface area (Å²) in [5.41, 5.74) is 5.51. The molecule has 2 aliphatic heterocycles. The number of anilines is 2. The average molecular weight is 774 g/mol. The van der Waals surface area contributed by atoms with Crippen LogP contribution in [-0.4, -0.2) is 63.0 Å². The Bertz CT molecular complexity index is 2290.